The van der Waals surface area contributed by atoms with E-state index in [0.717, 1.165) is 5.54 Å². The van der Waals surface area contributed by atoms with E-state index in [1.165, 1.54) is 44.4 Å². The molecule has 0 radical (unpaired) electrons. The molecular weight excluding hydrogens is 523 g/mol. The molecule has 0 saturated carbocycles. The van der Waals surface area contributed by atoms with Crippen LogP contribution in [-0.2, 0) is 21.4 Å². The van der Waals surface area contributed by atoms with Crippen LogP contribution in [-0.4, -0.2) is 112 Å². The van der Waals surface area contributed by atoms with E-state index in [4.69, 9.17) is 17.3 Å². The summed E-state index contributed by atoms with van der Waals surface area (Å²) in [6.45, 7) is 0.0320. The number of amides is 2. The summed E-state index contributed by atoms with van der Waals surface area (Å²) in [6, 6.07) is -0.780. The Labute approximate surface area is 227 Å². The molecule has 2 saturated heterocycles. The van der Waals surface area contributed by atoms with Crippen molar-refractivity contribution >= 4 is 105 Å². The normalized spacial score (nSPS) is 24.5. The van der Waals surface area contributed by atoms with E-state index in [0.29, 0.717) is 10.9 Å². The standard InChI is InChI=1S/C16H17ClN8O4S3.Na.H/c1-24-15(21-22-23-24)32-6-16(13(28)29)4-25-11(27)9(12(25)31-5-16)20-10(26)7(2-17)8-3-30-14(18)19-8;;/h2-3,9,12H,4-6H2,1H3,(H2,18,19)(H,20,26)(H,28,29);;/t9?,12-,16?;;/m1../s1. The van der Waals surface area contributed by atoms with Crippen LogP contribution in [0.4, 0.5) is 5.13 Å². The summed E-state index contributed by atoms with van der Waals surface area (Å²) in [5.41, 5.74) is 5.95. The molecule has 0 aromatic carbocycles. The second-order valence-electron chi connectivity index (χ2n) is 7.17. The Bertz CT molecular complexity index is 1110. The number of thioether (sulfide) groups is 2. The Morgan fingerprint density at radius 2 is 2.27 bits per heavy atom. The molecule has 33 heavy (non-hydrogen) atoms. The van der Waals surface area contributed by atoms with Crippen LogP contribution in [0.15, 0.2) is 16.1 Å². The van der Waals surface area contributed by atoms with Gasteiger partial charge in [0.2, 0.25) is 11.1 Å². The number of hydrogen-bond acceptors (Lipinski definition) is 11. The Balaban J connectivity index is 0.00000306. The SMILES string of the molecule is Cn1nnnc1SCC1(C(=O)O)CS[C@@H]2C(NC(=O)C(=CCl)c3csc(N)n3)C(=O)N2C1.[NaH]. The fourth-order valence-electron chi connectivity index (χ4n) is 3.30. The summed E-state index contributed by atoms with van der Waals surface area (Å²) in [6.07, 6.45) is 0. The van der Waals surface area contributed by atoms with Gasteiger partial charge in [-0.1, -0.05) is 23.4 Å². The molecule has 17 heteroatoms. The number of halogens is 1. The van der Waals surface area contributed by atoms with E-state index in [1.54, 1.807) is 12.4 Å². The van der Waals surface area contributed by atoms with Crippen LogP contribution in [0.25, 0.3) is 5.57 Å². The van der Waals surface area contributed by atoms with Crippen LogP contribution in [0, 0.1) is 5.41 Å². The van der Waals surface area contributed by atoms with Crippen LogP contribution >= 0.6 is 46.5 Å². The molecule has 0 aliphatic carbocycles. The number of hydrogen-bond donors (Lipinski definition) is 3. The Kier molecular flexibility index (Phi) is 8.35. The minimum atomic E-state index is -1.16. The monoisotopic (exact) mass is 540 g/mol. The first kappa shape index (κ1) is 26.2. The molecule has 4 N–H and O–H groups in total. The molecule has 3 atom stereocenters. The van der Waals surface area contributed by atoms with Crippen LogP contribution in [0.2, 0.25) is 0 Å². The number of carbonyl (C=O) groups excluding carboxylic acids is 2. The fraction of sp³-hybridized carbons (Fsp3) is 0.438. The molecule has 2 aliphatic heterocycles. The van der Waals surface area contributed by atoms with Crippen molar-refractivity contribution in [3.8, 4) is 0 Å². The number of aryl methyl sites for hydroxylation is 1. The van der Waals surface area contributed by atoms with E-state index in [2.05, 4.69) is 25.8 Å². The van der Waals surface area contributed by atoms with Gasteiger partial charge in [-0.3, -0.25) is 14.4 Å². The van der Waals surface area contributed by atoms with Gasteiger partial charge in [-0.05, 0) is 10.4 Å². The van der Waals surface area contributed by atoms with Crippen LogP contribution in [0.1, 0.15) is 5.69 Å². The summed E-state index contributed by atoms with van der Waals surface area (Å²) in [7, 11) is 1.66. The van der Waals surface area contributed by atoms with Crippen LogP contribution in [0.5, 0.6) is 0 Å². The number of nitrogens with zero attached hydrogens (tertiary/aromatic N) is 6. The van der Waals surface area contributed by atoms with Crippen molar-refractivity contribution in [2.45, 2.75) is 16.6 Å². The fourth-order valence-corrected chi connectivity index (χ4v) is 6.79. The second-order valence-corrected chi connectivity index (χ2v) is 10.3. The predicted octanol–water partition coefficient (Wildman–Crippen LogP) is -0.557. The van der Waals surface area contributed by atoms with E-state index in [-0.39, 0.29) is 69.6 Å². The number of anilines is 1. The van der Waals surface area contributed by atoms with Crippen LogP contribution < -0.4 is 11.1 Å². The van der Waals surface area contributed by atoms with Crippen LogP contribution in [0.3, 0.4) is 0 Å². The summed E-state index contributed by atoms with van der Waals surface area (Å²) in [5.74, 6) is -1.44. The molecule has 2 fully saturated rings. The number of aromatic nitrogens is 5. The van der Waals surface area contributed by atoms with Crippen molar-refractivity contribution in [3.05, 3.63) is 16.6 Å². The van der Waals surface area contributed by atoms with Crippen molar-refractivity contribution < 1.29 is 19.5 Å². The van der Waals surface area contributed by atoms with Gasteiger partial charge in [-0.2, -0.15) is 0 Å². The number of aliphatic carboxylic acids is 1. The number of carbonyl (C=O) groups is 3. The molecule has 2 aliphatic rings. The molecule has 4 heterocycles. The van der Waals surface area contributed by atoms with Crippen molar-refractivity contribution in [2.24, 2.45) is 12.5 Å². The molecule has 2 aromatic rings. The first-order valence-corrected chi connectivity index (χ1v) is 12.4. The van der Waals surface area contributed by atoms with Gasteiger partial charge in [-0.25, -0.2) is 9.67 Å². The van der Waals surface area contributed by atoms with Gasteiger partial charge >= 0.3 is 35.5 Å². The maximum atomic E-state index is 12.8. The third-order valence-corrected chi connectivity index (χ3v) is 8.88. The molecule has 172 valence electrons. The average molecular weight is 541 g/mol. The summed E-state index contributed by atoms with van der Waals surface area (Å²) in [5, 5.41) is 25.7. The number of rotatable bonds is 7. The van der Waals surface area contributed by atoms with Gasteiger partial charge in [0, 0.05) is 36.0 Å². The van der Waals surface area contributed by atoms with E-state index in [1.807, 2.05) is 0 Å². The molecular formula is C16H18ClN8NaO4S3. The molecule has 0 bridgehead atoms. The molecule has 0 spiro atoms. The third-order valence-electron chi connectivity index (χ3n) is 5.10. The third kappa shape index (κ3) is 5.04. The van der Waals surface area contributed by atoms with Gasteiger partial charge in [0.15, 0.2) is 5.13 Å². The van der Waals surface area contributed by atoms with Gasteiger partial charge in [0.25, 0.3) is 5.91 Å². The Morgan fingerprint density at radius 3 is 2.85 bits per heavy atom. The number of tetrazole rings is 1. The van der Waals surface area contributed by atoms with Crippen molar-refractivity contribution in [1.29, 1.82) is 0 Å². The zero-order valence-electron chi connectivity index (χ0n) is 16.5. The number of thiazole rings is 1. The number of fused-ring (bicyclic) bond motifs is 1. The molecule has 2 aromatic heterocycles. The van der Waals surface area contributed by atoms with E-state index in [9.17, 15) is 19.5 Å². The molecule has 4 rings (SSSR count). The summed E-state index contributed by atoms with van der Waals surface area (Å²) in [4.78, 5) is 43.1. The summed E-state index contributed by atoms with van der Waals surface area (Å²) < 4.78 is 1.46. The number of nitrogens with one attached hydrogen (secondary N) is 1. The maximum absolute atomic E-state index is 12.8. The average Bonchev–Trinajstić information content (AvgIpc) is 3.38. The van der Waals surface area contributed by atoms with Crippen molar-refractivity contribution in [2.75, 3.05) is 23.8 Å². The number of carboxylic acids is 1. The Hall–Kier alpha value is -1.36. The number of β-lactam (4-membered cyclic amide) rings is 1. The number of nitrogen functional groups attached to an aromatic ring is 1. The number of carboxylic acid groups (broad SMARTS) is 1. The van der Waals surface area contributed by atoms with Crippen molar-refractivity contribution in [1.82, 2.24) is 35.4 Å². The predicted molar refractivity (Wildman–Crippen MR) is 127 cm³/mol. The zero-order chi connectivity index (χ0) is 23.0. The van der Waals surface area contributed by atoms with E-state index < -0.39 is 23.3 Å². The van der Waals surface area contributed by atoms with Gasteiger partial charge < -0.3 is 21.1 Å². The second kappa shape index (κ2) is 10.5. The van der Waals surface area contributed by atoms with Gasteiger partial charge in [-0.15, -0.1) is 28.2 Å². The van der Waals surface area contributed by atoms with Gasteiger partial charge in [0.1, 0.15) is 16.8 Å². The summed E-state index contributed by atoms with van der Waals surface area (Å²) >= 11 is 9.50. The molecule has 2 amide bonds. The molecule has 2 unspecified atom stereocenters. The zero-order valence-corrected chi connectivity index (χ0v) is 19.7. The number of nitrogens with two attached hydrogens (primary N) is 1. The Morgan fingerprint density at radius 1 is 1.52 bits per heavy atom. The van der Waals surface area contributed by atoms with Gasteiger partial charge in [0.05, 0.1) is 11.3 Å². The quantitative estimate of drug-likeness (QED) is 0.178. The first-order valence-electron chi connectivity index (χ1n) is 9.09. The topological polar surface area (TPSA) is 169 Å². The minimum absolute atomic E-state index is 0. The molecule has 12 nitrogen and oxygen atoms in total. The van der Waals surface area contributed by atoms with Crippen molar-refractivity contribution in [3.63, 3.8) is 0 Å². The first-order chi connectivity index (χ1) is 15.3. The van der Waals surface area contributed by atoms with E-state index >= 15 is 0 Å².